The summed E-state index contributed by atoms with van der Waals surface area (Å²) in [4.78, 5) is 29.3. The van der Waals surface area contributed by atoms with Gasteiger partial charge in [0.25, 0.3) is 0 Å². The molecule has 2 aliphatic carbocycles. The third kappa shape index (κ3) is 9.25. The van der Waals surface area contributed by atoms with Gasteiger partial charge in [0.2, 0.25) is 0 Å². The summed E-state index contributed by atoms with van der Waals surface area (Å²) in [5.74, 6) is -1.33. The highest BCUT2D eigenvalue weighted by atomic mass is 16.6. The summed E-state index contributed by atoms with van der Waals surface area (Å²) in [5.41, 5.74) is 6.94. The molecule has 0 fully saturated rings. The van der Waals surface area contributed by atoms with E-state index < -0.39 is 58.3 Å². The quantitative estimate of drug-likeness (QED) is 0.0669. The topological polar surface area (TPSA) is 117 Å². The lowest BCUT2D eigenvalue weighted by Crippen LogP contribution is -2.54. The molecule has 8 nitrogen and oxygen atoms in total. The number of ether oxygens (including phenoxy) is 2. The van der Waals surface area contributed by atoms with E-state index in [0.717, 1.165) is 55.6 Å². The average Bonchev–Trinajstić information content (AvgIpc) is 3.76. The monoisotopic (exact) mass is 884 g/mol. The highest BCUT2D eigenvalue weighted by molar-refractivity contribution is 5.86. The van der Waals surface area contributed by atoms with E-state index in [-0.39, 0.29) is 25.9 Å². The first-order valence-corrected chi connectivity index (χ1v) is 23.5. The molecular weight excluding hydrogens is 821 g/mol. The largest absolute Gasteiger partial charge is 0.459 e. The number of carbonyl (C=O) groups excluding carboxylic acids is 2. The Morgan fingerprint density at radius 1 is 0.500 bits per heavy atom. The number of aliphatic hydroxyl groups excluding tert-OH is 2. The molecule has 0 radical (unpaired) electrons. The second-order valence-electron chi connectivity index (χ2n) is 19.9. The molecule has 0 amide bonds. The molecule has 0 heterocycles. The molecular formula is C58H64N2O6. The van der Waals surface area contributed by atoms with Crippen LogP contribution in [0, 0.1) is 5.92 Å². The summed E-state index contributed by atoms with van der Waals surface area (Å²) in [6.07, 6.45) is 0.511. The van der Waals surface area contributed by atoms with Crippen molar-refractivity contribution in [2.75, 3.05) is 6.61 Å². The van der Waals surface area contributed by atoms with Crippen molar-refractivity contribution in [3.8, 4) is 22.3 Å². The Labute approximate surface area is 390 Å². The maximum absolute atomic E-state index is 14.7. The van der Waals surface area contributed by atoms with E-state index in [1.165, 1.54) is 0 Å². The fraction of sp³-hybridized carbons (Fsp3) is 0.345. The van der Waals surface area contributed by atoms with Crippen molar-refractivity contribution in [2.45, 2.75) is 114 Å². The third-order valence-electron chi connectivity index (χ3n) is 13.0. The Bertz CT molecular complexity index is 2540. The van der Waals surface area contributed by atoms with E-state index >= 15 is 0 Å². The van der Waals surface area contributed by atoms with Crippen molar-refractivity contribution >= 4 is 11.9 Å². The summed E-state index contributed by atoms with van der Waals surface area (Å²) < 4.78 is 12.4. The van der Waals surface area contributed by atoms with Crippen LogP contribution >= 0.6 is 0 Å². The number of carbonyl (C=O) groups is 2. The highest BCUT2D eigenvalue weighted by Gasteiger charge is 2.49. The zero-order chi connectivity index (χ0) is 46.7. The van der Waals surface area contributed by atoms with Gasteiger partial charge in [0.05, 0.1) is 17.2 Å². The van der Waals surface area contributed by atoms with Crippen molar-refractivity contribution < 1.29 is 29.3 Å². The van der Waals surface area contributed by atoms with Gasteiger partial charge in [-0.3, -0.25) is 20.2 Å². The van der Waals surface area contributed by atoms with E-state index in [9.17, 15) is 19.8 Å². The molecule has 0 bridgehead atoms. The number of benzene rings is 6. The molecule has 0 saturated carbocycles. The van der Waals surface area contributed by atoms with E-state index in [1.54, 1.807) is 0 Å². The van der Waals surface area contributed by atoms with Gasteiger partial charge in [0.15, 0.2) is 0 Å². The molecule has 8 rings (SSSR count). The van der Waals surface area contributed by atoms with Gasteiger partial charge in [-0.1, -0.05) is 158 Å². The molecule has 2 aliphatic rings. The number of fused-ring (bicyclic) bond motifs is 6. The van der Waals surface area contributed by atoms with Crippen LogP contribution in [0.2, 0.25) is 0 Å². The summed E-state index contributed by atoms with van der Waals surface area (Å²) in [6.45, 7) is 11.1. The first-order valence-electron chi connectivity index (χ1n) is 23.5. The second-order valence-corrected chi connectivity index (χ2v) is 19.9. The molecule has 0 aromatic heterocycles. The van der Waals surface area contributed by atoms with Crippen molar-refractivity contribution in [1.82, 2.24) is 10.6 Å². The van der Waals surface area contributed by atoms with E-state index in [1.807, 2.05) is 126 Å². The third-order valence-corrected chi connectivity index (χ3v) is 13.0. The van der Waals surface area contributed by atoms with Crippen molar-refractivity contribution in [3.63, 3.8) is 0 Å². The molecule has 4 atom stereocenters. The van der Waals surface area contributed by atoms with Gasteiger partial charge in [-0.25, -0.2) is 0 Å². The zero-order valence-corrected chi connectivity index (χ0v) is 39.1. The van der Waals surface area contributed by atoms with Gasteiger partial charge in [0.1, 0.15) is 23.3 Å². The molecule has 0 unspecified atom stereocenters. The molecule has 6 aromatic rings. The van der Waals surface area contributed by atoms with Crippen LogP contribution in [0.5, 0.6) is 0 Å². The summed E-state index contributed by atoms with van der Waals surface area (Å²) >= 11 is 0. The Morgan fingerprint density at radius 2 is 0.848 bits per heavy atom. The highest BCUT2D eigenvalue weighted by Crippen LogP contribution is 2.53. The first kappa shape index (κ1) is 46.6. The minimum absolute atomic E-state index is 0.0804. The minimum Gasteiger partial charge on any atom is -0.459 e. The Kier molecular flexibility index (Phi) is 13.5. The van der Waals surface area contributed by atoms with E-state index in [0.29, 0.717) is 12.8 Å². The lowest BCUT2D eigenvalue weighted by atomic mass is 9.78. The van der Waals surface area contributed by atoms with Crippen molar-refractivity contribution in [3.05, 3.63) is 191 Å². The first-order chi connectivity index (χ1) is 31.7. The molecule has 4 N–H and O–H groups in total. The molecule has 0 aliphatic heterocycles. The van der Waals surface area contributed by atoms with Crippen LogP contribution in [0.25, 0.3) is 22.3 Å². The molecule has 0 saturated heterocycles. The van der Waals surface area contributed by atoms with Crippen molar-refractivity contribution in [1.29, 1.82) is 0 Å². The lowest BCUT2D eigenvalue weighted by molar-refractivity contribution is -0.159. The maximum atomic E-state index is 14.7. The van der Waals surface area contributed by atoms with E-state index in [4.69, 9.17) is 9.47 Å². The summed E-state index contributed by atoms with van der Waals surface area (Å²) in [7, 11) is 0. The smallest absolute Gasteiger partial charge is 0.323 e. The van der Waals surface area contributed by atoms with Gasteiger partial charge in [-0.15, -0.1) is 0 Å². The molecule has 0 spiro atoms. The second kappa shape index (κ2) is 19.1. The summed E-state index contributed by atoms with van der Waals surface area (Å²) in [5, 5.41) is 30.5. The molecule has 6 aromatic carbocycles. The fourth-order valence-corrected chi connectivity index (χ4v) is 10.4. The Hall–Kier alpha value is -5.90. The van der Waals surface area contributed by atoms with E-state index in [2.05, 4.69) is 83.4 Å². The van der Waals surface area contributed by atoms with Gasteiger partial charge in [0, 0.05) is 6.61 Å². The van der Waals surface area contributed by atoms with Gasteiger partial charge in [-0.2, -0.15) is 0 Å². The number of esters is 2. The van der Waals surface area contributed by atoms with Crippen LogP contribution in [0.3, 0.4) is 0 Å². The normalized spacial score (nSPS) is 16.2. The van der Waals surface area contributed by atoms with Crippen LogP contribution in [0.1, 0.15) is 107 Å². The zero-order valence-electron chi connectivity index (χ0n) is 39.1. The fourth-order valence-electron chi connectivity index (χ4n) is 10.4. The number of hydrogen-bond acceptors (Lipinski definition) is 8. The standard InChI is InChI=1S/C58H64N2O6/c1-55(2,3)65-53(63)50(59-57(40-23-9-7-10-24-40)46-31-17-13-27-42(46)43-28-14-18-32-47(43)57)35-36-52(62)39(22-21-37-61)38-51(54(64)66-56(4,5)6)60-58(41-25-11-8-12-26-41)48-33-19-15-29-44(48)45-30-16-20-34-49(45)58/h7-20,23-34,39,50-52,59-62H,21-22,35-38H2,1-6H3/t39-,50-,51-,52+/m0/s1. The number of nitrogens with one attached hydrogen (secondary N) is 2. The number of hydrogen-bond donors (Lipinski definition) is 4. The predicted octanol–water partition coefficient (Wildman–Crippen LogP) is 10.5. The van der Waals surface area contributed by atoms with Crippen LogP contribution in [-0.4, -0.2) is 58.1 Å². The summed E-state index contributed by atoms with van der Waals surface area (Å²) in [6, 6.07) is 51.9. The maximum Gasteiger partial charge on any atom is 0.323 e. The SMILES string of the molecule is CC(C)(C)OC(=O)[C@H](CC[C@@H](O)[C@@H](CCCO)C[C@H](NC1(c2ccccc2)c2ccccc2-c2ccccc21)C(=O)OC(C)(C)C)NC1(c2ccccc2)c2ccccc2-c2ccccc21. The minimum atomic E-state index is -0.971. The lowest BCUT2D eigenvalue weighted by Gasteiger charge is -2.39. The van der Waals surface area contributed by atoms with Crippen molar-refractivity contribution in [2.24, 2.45) is 5.92 Å². The van der Waals surface area contributed by atoms with Gasteiger partial charge >= 0.3 is 11.9 Å². The van der Waals surface area contributed by atoms with Crippen LogP contribution in [0.4, 0.5) is 0 Å². The molecule has 342 valence electrons. The Morgan fingerprint density at radius 3 is 1.23 bits per heavy atom. The van der Waals surface area contributed by atoms with Crippen LogP contribution < -0.4 is 10.6 Å². The number of rotatable bonds is 17. The van der Waals surface area contributed by atoms with Crippen LogP contribution in [0.15, 0.2) is 158 Å². The molecule has 8 heteroatoms. The molecule has 66 heavy (non-hydrogen) atoms. The van der Waals surface area contributed by atoms with Gasteiger partial charge < -0.3 is 19.7 Å². The van der Waals surface area contributed by atoms with Crippen LogP contribution in [-0.2, 0) is 30.1 Å². The number of aliphatic hydroxyl groups is 2. The Balaban J connectivity index is 1.16. The predicted molar refractivity (Wildman–Crippen MR) is 262 cm³/mol. The average molecular weight is 885 g/mol. The van der Waals surface area contributed by atoms with Gasteiger partial charge in [-0.05, 0) is 135 Å².